The molecule has 0 unspecified atom stereocenters. The van der Waals surface area contributed by atoms with E-state index in [9.17, 15) is 4.79 Å². The molecular weight excluding hydrogens is 246 g/mol. The number of carbonyl (C=O) groups is 1. The van der Waals surface area contributed by atoms with Crippen molar-refractivity contribution in [2.24, 2.45) is 0 Å². The Balaban J connectivity index is 2.38. The van der Waals surface area contributed by atoms with Gasteiger partial charge in [-0.25, -0.2) is 5.06 Å². The summed E-state index contributed by atoms with van der Waals surface area (Å²) in [5.74, 6) is -0.0995. The molecule has 0 radical (unpaired) electrons. The van der Waals surface area contributed by atoms with Crippen LogP contribution >= 0.6 is 22.9 Å². The number of hydrogen-bond acceptors (Lipinski definition) is 3. The van der Waals surface area contributed by atoms with E-state index in [1.165, 1.54) is 29.1 Å². The molecule has 1 aromatic heterocycles. The van der Waals surface area contributed by atoms with Gasteiger partial charge in [0.05, 0.1) is 16.3 Å². The molecule has 1 aliphatic rings. The molecule has 0 saturated heterocycles. The lowest BCUT2D eigenvalue weighted by Gasteiger charge is -2.16. The van der Waals surface area contributed by atoms with Crippen LogP contribution < -0.4 is 0 Å². The van der Waals surface area contributed by atoms with Gasteiger partial charge >= 0.3 is 0 Å². The SMILES string of the molecule is CON(C)C(=O)c1sc(Cl)c2c1CCCC2. The first-order valence-corrected chi connectivity index (χ1v) is 6.46. The van der Waals surface area contributed by atoms with Crippen molar-refractivity contribution in [1.29, 1.82) is 0 Å². The summed E-state index contributed by atoms with van der Waals surface area (Å²) in [7, 11) is 3.10. The molecule has 16 heavy (non-hydrogen) atoms. The van der Waals surface area contributed by atoms with Crippen LogP contribution in [0.25, 0.3) is 0 Å². The lowest BCUT2D eigenvalue weighted by molar-refractivity contribution is -0.0754. The van der Waals surface area contributed by atoms with Gasteiger partial charge in [0.1, 0.15) is 0 Å². The standard InChI is InChI=1S/C11H14ClNO2S/c1-13(15-2)11(14)9-7-5-3-4-6-8(7)10(12)16-9/h3-6H2,1-2H3. The van der Waals surface area contributed by atoms with Gasteiger partial charge in [-0.3, -0.25) is 9.63 Å². The molecule has 1 aliphatic carbocycles. The molecule has 0 aliphatic heterocycles. The summed E-state index contributed by atoms with van der Waals surface area (Å²) in [5.41, 5.74) is 2.31. The van der Waals surface area contributed by atoms with Crippen molar-refractivity contribution in [3.63, 3.8) is 0 Å². The van der Waals surface area contributed by atoms with Crippen molar-refractivity contribution in [2.45, 2.75) is 25.7 Å². The molecule has 2 rings (SSSR count). The zero-order valence-electron chi connectivity index (χ0n) is 9.38. The zero-order chi connectivity index (χ0) is 11.7. The molecule has 88 valence electrons. The predicted molar refractivity (Wildman–Crippen MR) is 65.1 cm³/mol. The Kier molecular flexibility index (Phi) is 3.52. The summed E-state index contributed by atoms with van der Waals surface area (Å²) in [6.07, 6.45) is 4.25. The van der Waals surface area contributed by atoms with Gasteiger partial charge in [-0.2, -0.15) is 0 Å². The van der Waals surface area contributed by atoms with E-state index >= 15 is 0 Å². The first-order valence-electron chi connectivity index (χ1n) is 5.27. The van der Waals surface area contributed by atoms with Crippen LogP contribution in [-0.4, -0.2) is 25.1 Å². The van der Waals surface area contributed by atoms with Gasteiger partial charge in [-0.05, 0) is 36.8 Å². The minimum absolute atomic E-state index is 0.0995. The lowest BCUT2D eigenvalue weighted by Crippen LogP contribution is -2.25. The fourth-order valence-electron chi connectivity index (χ4n) is 1.98. The highest BCUT2D eigenvalue weighted by atomic mass is 35.5. The van der Waals surface area contributed by atoms with Crippen LogP contribution in [0.5, 0.6) is 0 Å². The van der Waals surface area contributed by atoms with Crippen molar-refractivity contribution in [3.8, 4) is 0 Å². The van der Waals surface area contributed by atoms with Gasteiger partial charge in [-0.1, -0.05) is 11.6 Å². The Morgan fingerprint density at radius 2 is 2.00 bits per heavy atom. The maximum absolute atomic E-state index is 12.0. The van der Waals surface area contributed by atoms with E-state index in [1.807, 2.05) is 0 Å². The summed E-state index contributed by atoms with van der Waals surface area (Å²) < 4.78 is 0.766. The monoisotopic (exact) mass is 259 g/mol. The van der Waals surface area contributed by atoms with Crippen LogP contribution in [0.1, 0.15) is 33.6 Å². The first kappa shape index (κ1) is 11.9. The molecule has 0 bridgehead atoms. The van der Waals surface area contributed by atoms with Crippen LogP contribution in [0.2, 0.25) is 4.34 Å². The highest BCUT2D eigenvalue weighted by molar-refractivity contribution is 7.18. The van der Waals surface area contributed by atoms with Crippen molar-refractivity contribution < 1.29 is 9.63 Å². The second-order valence-electron chi connectivity index (χ2n) is 3.85. The summed E-state index contributed by atoms with van der Waals surface area (Å²) in [6, 6.07) is 0. The summed E-state index contributed by atoms with van der Waals surface area (Å²) in [6.45, 7) is 0. The number of hydrogen-bond donors (Lipinski definition) is 0. The van der Waals surface area contributed by atoms with E-state index in [2.05, 4.69) is 0 Å². The van der Waals surface area contributed by atoms with Crippen molar-refractivity contribution >= 4 is 28.8 Å². The fraction of sp³-hybridized carbons (Fsp3) is 0.545. The maximum atomic E-state index is 12.0. The van der Waals surface area contributed by atoms with Gasteiger partial charge in [0.25, 0.3) is 5.91 Å². The first-order chi connectivity index (χ1) is 7.65. The molecule has 0 N–H and O–H groups in total. The van der Waals surface area contributed by atoms with E-state index in [4.69, 9.17) is 16.4 Å². The third-order valence-electron chi connectivity index (χ3n) is 2.92. The normalized spacial score (nSPS) is 14.7. The molecule has 3 nitrogen and oxygen atoms in total. The predicted octanol–water partition coefficient (Wildman–Crippen LogP) is 2.91. The minimum atomic E-state index is -0.0995. The van der Waals surface area contributed by atoms with Gasteiger partial charge in [-0.15, -0.1) is 11.3 Å². The van der Waals surface area contributed by atoms with Gasteiger partial charge < -0.3 is 0 Å². The Bertz CT molecular complexity index is 416. The Morgan fingerprint density at radius 1 is 1.38 bits per heavy atom. The van der Waals surface area contributed by atoms with Crippen molar-refractivity contribution in [2.75, 3.05) is 14.2 Å². The largest absolute Gasteiger partial charge is 0.287 e. The number of carbonyl (C=O) groups excluding carboxylic acids is 1. The number of amides is 1. The van der Waals surface area contributed by atoms with Gasteiger partial charge in [0.2, 0.25) is 0 Å². The Labute approximate surface area is 104 Å². The second kappa shape index (κ2) is 4.73. The molecule has 1 aromatic rings. The minimum Gasteiger partial charge on any atom is -0.274 e. The van der Waals surface area contributed by atoms with Gasteiger partial charge in [0.15, 0.2) is 0 Å². The van der Waals surface area contributed by atoms with E-state index in [1.54, 1.807) is 7.05 Å². The molecule has 0 saturated carbocycles. The highest BCUT2D eigenvalue weighted by Gasteiger charge is 2.25. The summed E-state index contributed by atoms with van der Waals surface area (Å²) >= 11 is 7.54. The lowest BCUT2D eigenvalue weighted by atomic mass is 9.94. The van der Waals surface area contributed by atoms with E-state index in [-0.39, 0.29) is 5.91 Å². The van der Waals surface area contributed by atoms with Crippen molar-refractivity contribution in [1.82, 2.24) is 5.06 Å². The average molecular weight is 260 g/mol. The second-order valence-corrected chi connectivity index (χ2v) is 5.48. The number of halogens is 1. The van der Waals surface area contributed by atoms with Crippen LogP contribution in [0.4, 0.5) is 0 Å². The molecule has 5 heteroatoms. The summed E-state index contributed by atoms with van der Waals surface area (Å²) in [5, 5.41) is 1.25. The molecular formula is C11H14ClNO2S. The molecule has 1 heterocycles. The molecule has 0 spiro atoms. The molecule has 0 fully saturated rings. The third kappa shape index (κ3) is 1.97. The number of hydroxylamine groups is 2. The van der Waals surface area contributed by atoms with Gasteiger partial charge in [0, 0.05) is 7.05 Å². The highest BCUT2D eigenvalue weighted by Crippen LogP contribution is 2.38. The Morgan fingerprint density at radius 3 is 2.62 bits per heavy atom. The van der Waals surface area contributed by atoms with E-state index < -0.39 is 0 Å². The van der Waals surface area contributed by atoms with Crippen molar-refractivity contribution in [3.05, 3.63) is 20.3 Å². The number of thiophene rings is 1. The zero-order valence-corrected chi connectivity index (χ0v) is 11.0. The quantitative estimate of drug-likeness (QED) is 0.765. The molecule has 0 aromatic carbocycles. The summed E-state index contributed by atoms with van der Waals surface area (Å²) in [4.78, 5) is 17.7. The smallest absolute Gasteiger partial charge is 0.274 e. The average Bonchev–Trinajstić information content (AvgIpc) is 2.65. The third-order valence-corrected chi connectivity index (χ3v) is 4.44. The van der Waals surface area contributed by atoms with E-state index in [0.29, 0.717) is 0 Å². The number of rotatable bonds is 2. The van der Waals surface area contributed by atoms with Crippen LogP contribution in [-0.2, 0) is 17.7 Å². The Hall–Kier alpha value is -0.580. The fourth-order valence-corrected chi connectivity index (χ4v) is 3.52. The number of nitrogens with zero attached hydrogens (tertiary/aromatic N) is 1. The van der Waals surface area contributed by atoms with Crippen LogP contribution in [0, 0.1) is 0 Å². The topological polar surface area (TPSA) is 29.5 Å². The molecule has 1 amide bonds. The van der Waals surface area contributed by atoms with E-state index in [0.717, 1.165) is 40.5 Å². The van der Waals surface area contributed by atoms with Crippen LogP contribution in [0.3, 0.4) is 0 Å². The van der Waals surface area contributed by atoms with Crippen LogP contribution in [0.15, 0.2) is 0 Å². The number of fused-ring (bicyclic) bond motifs is 1. The molecule has 0 atom stereocenters. The maximum Gasteiger partial charge on any atom is 0.287 e.